The third-order valence-electron chi connectivity index (χ3n) is 3.76. The highest BCUT2D eigenvalue weighted by Gasteiger charge is 2.04. The van der Waals surface area contributed by atoms with Crippen LogP contribution in [0.25, 0.3) is 10.9 Å². The van der Waals surface area contributed by atoms with Crippen LogP contribution in [0, 0.1) is 0 Å². The molecule has 0 aliphatic heterocycles. The highest BCUT2D eigenvalue weighted by molar-refractivity contribution is 14.0. The Morgan fingerprint density at radius 2 is 1.96 bits per heavy atom. The molecule has 0 atom stereocenters. The Kier molecular flexibility index (Phi) is 9.33. The number of benzene rings is 1. The quantitative estimate of drug-likeness (QED) is 0.290. The van der Waals surface area contributed by atoms with E-state index in [1.165, 1.54) is 10.9 Å². The molecule has 2 aromatic rings. The smallest absolute Gasteiger partial charge is 0.243 e. The molecule has 2 rings (SSSR count). The minimum atomic E-state index is -0.00832. The van der Waals surface area contributed by atoms with E-state index >= 15 is 0 Å². The van der Waals surface area contributed by atoms with Crippen molar-refractivity contribution in [2.45, 2.75) is 19.9 Å². The van der Waals surface area contributed by atoms with E-state index < -0.39 is 0 Å². The monoisotopic (exact) mass is 457 g/mol. The maximum Gasteiger partial charge on any atom is 0.243 e. The van der Waals surface area contributed by atoms with Crippen molar-refractivity contribution in [1.29, 1.82) is 0 Å². The van der Waals surface area contributed by atoms with Gasteiger partial charge in [0.25, 0.3) is 0 Å². The number of likely N-dealkylation sites (N-methyl/N-ethyl adjacent to an activating group) is 1. The second kappa shape index (κ2) is 11.0. The summed E-state index contributed by atoms with van der Waals surface area (Å²) in [6, 6.07) is 10.5. The van der Waals surface area contributed by atoms with Crippen molar-refractivity contribution in [3.05, 3.63) is 36.5 Å². The van der Waals surface area contributed by atoms with Gasteiger partial charge in [-0.05, 0) is 30.9 Å². The zero-order valence-electron chi connectivity index (χ0n) is 15.2. The van der Waals surface area contributed by atoms with Crippen LogP contribution in [0.5, 0.6) is 0 Å². The number of para-hydroxylation sites is 1. The molecule has 0 aliphatic carbocycles. The fourth-order valence-electron chi connectivity index (χ4n) is 2.42. The minimum absolute atomic E-state index is 0. The first-order valence-electron chi connectivity index (χ1n) is 8.38. The maximum atomic E-state index is 11.6. The number of nitrogens with zero attached hydrogens (tertiary/aromatic N) is 3. The normalized spacial score (nSPS) is 11.1. The minimum Gasteiger partial charge on any atom is -0.357 e. The number of amides is 1. The number of guanidine groups is 1. The zero-order chi connectivity index (χ0) is 17.4. The molecular formula is C18H28IN5O. The molecule has 2 N–H and O–H groups in total. The summed E-state index contributed by atoms with van der Waals surface area (Å²) in [5, 5.41) is 7.71. The summed E-state index contributed by atoms with van der Waals surface area (Å²) in [7, 11) is 3.47. The number of nitrogens with one attached hydrogen (secondary N) is 2. The lowest BCUT2D eigenvalue weighted by molar-refractivity contribution is -0.127. The van der Waals surface area contributed by atoms with Gasteiger partial charge in [-0.3, -0.25) is 4.79 Å². The lowest BCUT2D eigenvalue weighted by Gasteiger charge is -2.13. The van der Waals surface area contributed by atoms with Crippen molar-refractivity contribution in [2.75, 3.05) is 33.7 Å². The van der Waals surface area contributed by atoms with Crippen molar-refractivity contribution in [3.63, 3.8) is 0 Å². The van der Waals surface area contributed by atoms with Gasteiger partial charge >= 0.3 is 0 Å². The highest BCUT2D eigenvalue weighted by Crippen LogP contribution is 2.15. The Morgan fingerprint density at radius 1 is 1.20 bits per heavy atom. The topological polar surface area (TPSA) is 61.7 Å². The van der Waals surface area contributed by atoms with Crippen molar-refractivity contribution in [3.8, 4) is 0 Å². The van der Waals surface area contributed by atoms with E-state index in [1.807, 2.05) is 6.92 Å². The number of rotatable bonds is 7. The predicted molar refractivity (Wildman–Crippen MR) is 115 cm³/mol. The molecule has 0 unspecified atom stereocenters. The van der Waals surface area contributed by atoms with Gasteiger partial charge in [0.2, 0.25) is 5.91 Å². The molecule has 7 heteroatoms. The number of aliphatic imine (C=N–C) groups is 1. The summed E-state index contributed by atoms with van der Waals surface area (Å²) in [5.74, 6) is 0.677. The summed E-state index contributed by atoms with van der Waals surface area (Å²) in [6.45, 7) is 4.68. The lowest BCUT2D eigenvalue weighted by Crippen LogP contribution is -2.39. The number of halogens is 1. The van der Waals surface area contributed by atoms with E-state index in [2.05, 4.69) is 56.7 Å². The molecule has 0 fully saturated rings. The number of aryl methyl sites for hydroxylation is 1. The molecule has 0 saturated carbocycles. The molecular weight excluding hydrogens is 429 g/mol. The van der Waals surface area contributed by atoms with Crippen LogP contribution < -0.4 is 10.6 Å². The van der Waals surface area contributed by atoms with Crippen molar-refractivity contribution >= 4 is 46.7 Å². The summed E-state index contributed by atoms with van der Waals surface area (Å²) in [6.07, 6.45) is 3.10. The average Bonchev–Trinajstić information content (AvgIpc) is 2.99. The Morgan fingerprint density at radius 3 is 2.68 bits per heavy atom. The summed E-state index contributed by atoms with van der Waals surface area (Å²) < 4.78 is 2.26. The molecule has 138 valence electrons. The number of hydrogen-bond acceptors (Lipinski definition) is 2. The largest absolute Gasteiger partial charge is 0.357 e. The van der Waals surface area contributed by atoms with E-state index in [0.717, 1.165) is 26.1 Å². The number of carbonyl (C=O) groups is 1. The lowest BCUT2D eigenvalue weighted by atomic mass is 10.2. The van der Waals surface area contributed by atoms with Gasteiger partial charge in [-0.15, -0.1) is 24.0 Å². The van der Waals surface area contributed by atoms with Crippen LogP contribution in [0.3, 0.4) is 0 Å². The molecule has 25 heavy (non-hydrogen) atoms. The molecule has 0 radical (unpaired) electrons. The van der Waals surface area contributed by atoms with Gasteiger partial charge in [-0.2, -0.15) is 0 Å². The second-order valence-electron chi connectivity index (χ2n) is 5.83. The highest BCUT2D eigenvalue weighted by atomic mass is 127. The summed E-state index contributed by atoms with van der Waals surface area (Å²) in [5.41, 5.74) is 1.26. The average molecular weight is 457 g/mol. The van der Waals surface area contributed by atoms with Crippen LogP contribution in [-0.4, -0.2) is 55.1 Å². The van der Waals surface area contributed by atoms with Crippen LogP contribution >= 0.6 is 24.0 Å². The molecule has 0 saturated heterocycles. The number of fused-ring (bicyclic) bond motifs is 1. The summed E-state index contributed by atoms with van der Waals surface area (Å²) >= 11 is 0. The van der Waals surface area contributed by atoms with Crippen LogP contribution in [0.15, 0.2) is 41.5 Å². The second-order valence-corrected chi connectivity index (χ2v) is 5.83. The zero-order valence-corrected chi connectivity index (χ0v) is 17.5. The molecule has 6 nitrogen and oxygen atoms in total. The fraction of sp³-hybridized carbons (Fsp3) is 0.444. The van der Waals surface area contributed by atoms with Gasteiger partial charge in [0, 0.05) is 45.4 Å². The fourth-order valence-corrected chi connectivity index (χ4v) is 2.42. The Bertz CT molecular complexity index is 696. The standard InChI is InChI=1S/C18H27N5O.HI/c1-4-19-18(21-14-17(24)22(2)3)20-11-7-12-23-13-10-15-8-5-6-9-16(15)23;/h5-6,8-10,13H,4,7,11-12,14H2,1-3H3,(H2,19,20,21);1H. The van der Waals surface area contributed by atoms with E-state index in [9.17, 15) is 4.79 Å². The molecule has 1 aromatic carbocycles. The van der Waals surface area contributed by atoms with Crippen LogP contribution in [0.1, 0.15) is 13.3 Å². The number of carbonyl (C=O) groups excluding carboxylic acids is 1. The molecule has 0 aliphatic rings. The molecule has 1 aromatic heterocycles. The van der Waals surface area contributed by atoms with Gasteiger partial charge < -0.3 is 20.1 Å². The van der Waals surface area contributed by atoms with E-state index in [1.54, 1.807) is 19.0 Å². The first-order chi connectivity index (χ1) is 11.6. The van der Waals surface area contributed by atoms with Crippen molar-refractivity contribution in [1.82, 2.24) is 20.1 Å². The van der Waals surface area contributed by atoms with Gasteiger partial charge in [0.15, 0.2) is 5.96 Å². The van der Waals surface area contributed by atoms with Gasteiger partial charge in [-0.1, -0.05) is 18.2 Å². The maximum absolute atomic E-state index is 11.6. The van der Waals surface area contributed by atoms with Crippen LogP contribution in [0.4, 0.5) is 0 Å². The van der Waals surface area contributed by atoms with Crippen LogP contribution in [-0.2, 0) is 11.3 Å². The first kappa shape index (κ1) is 21.3. The SMILES string of the molecule is CCNC(=NCC(=O)N(C)C)NCCCn1ccc2ccccc21.I. The predicted octanol–water partition coefficient (Wildman–Crippen LogP) is 2.29. The third-order valence-corrected chi connectivity index (χ3v) is 3.76. The van der Waals surface area contributed by atoms with Gasteiger partial charge in [0.05, 0.1) is 0 Å². The van der Waals surface area contributed by atoms with Crippen LogP contribution in [0.2, 0.25) is 0 Å². The van der Waals surface area contributed by atoms with Gasteiger partial charge in [0.1, 0.15) is 6.54 Å². The van der Waals surface area contributed by atoms with E-state index in [4.69, 9.17) is 0 Å². The molecule has 0 spiro atoms. The number of hydrogen-bond donors (Lipinski definition) is 2. The number of aromatic nitrogens is 1. The van der Waals surface area contributed by atoms with Gasteiger partial charge in [-0.25, -0.2) is 4.99 Å². The first-order valence-corrected chi connectivity index (χ1v) is 8.38. The Hall–Kier alpha value is -1.77. The van der Waals surface area contributed by atoms with Crippen molar-refractivity contribution < 1.29 is 4.79 Å². The third kappa shape index (κ3) is 6.56. The Labute approximate surface area is 166 Å². The molecule has 1 heterocycles. The molecule has 0 bridgehead atoms. The molecule has 1 amide bonds. The Balaban J connectivity index is 0.00000312. The van der Waals surface area contributed by atoms with E-state index in [-0.39, 0.29) is 36.4 Å². The van der Waals surface area contributed by atoms with E-state index in [0.29, 0.717) is 5.96 Å². The summed E-state index contributed by atoms with van der Waals surface area (Å²) in [4.78, 5) is 17.5. The van der Waals surface area contributed by atoms with Crippen molar-refractivity contribution in [2.24, 2.45) is 4.99 Å².